The summed E-state index contributed by atoms with van der Waals surface area (Å²) in [5.74, 6) is -0.0643. The number of esters is 1. The van der Waals surface area contributed by atoms with Crippen LogP contribution in [-0.4, -0.2) is 30.2 Å². The summed E-state index contributed by atoms with van der Waals surface area (Å²) in [7, 11) is 2.78. The van der Waals surface area contributed by atoms with Crippen molar-refractivity contribution >= 4 is 32.8 Å². The predicted molar refractivity (Wildman–Crippen MR) is 59.7 cm³/mol. The molecule has 0 saturated heterocycles. The summed E-state index contributed by atoms with van der Waals surface area (Å²) in [6.45, 7) is 0. The number of nitrogens with two attached hydrogens (primary N) is 1. The highest BCUT2D eigenvalue weighted by atomic mass is 32.1. The number of rotatable bonds is 2. The zero-order valence-electron chi connectivity index (χ0n) is 8.68. The average Bonchev–Trinajstić information content (AvgIpc) is 2.66. The summed E-state index contributed by atoms with van der Waals surface area (Å²) in [5, 5.41) is 0.378. The summed E-state index contributed by atoms with van der Waals surface area (Å²) < 4.78 is 9.70. The lowest BCUT2D eigenvalue weighted by Crippen LogP contribution is -2.04. The number of hydrogen-bond acceptors (Lipinski definition) is 7. The van der Waals surface area contributed by atoms with E-state index in [0.717, 1.165) is 0 Å². The Balaban J connectivity index is 2.67. The van der Waals surface area contributed by atoms with Gasteiger partial charge in [-0.3, -0.25) is 0 Å². The third-order valence-electron chi connectivity index (χ3n) is 1.96. The highest BCUT2D eigenvalue weighted by Crippen LogP contribution is 2.30. The molecule has 0 aromatic carbocycles. The quantitative estimate of drug-likeness (QED) is 0.789. The van der Waals surface area contributed by atoms with Crippen LogP contribution in [0.3, 0.4) is 0 Å². The van der Waals surface area contributed by atoms with Crippen LogP contribution >= 0.6 is 11.3 Å². The molecule has 0 bridgehead atoms. The van der Waals surface area contributed by atoms with E-state index in [4.69, 9.17) is 10.5 Å². The van der Waals surface area contributed by atoms with Crippen molar-refractivity contribution in [3.63, 3.8) is 0 Å². The van der Waals surface area contributed by atoms with Crippen molar-refractivity contribution in [1.29, 1.82) is 0 Å². The van der Waals surface area contributed by atoms with E-state index in [-0.39, 0.29) is 5.69 Å². The molecular weight excluding hydrogens is 230 g/mol. The van der Waals surface area contributed by atoms with E-state index in [1.54, 1.807) is 0 Å². The van der Waals surface area contributed by atoms with Gasteiger partial charge in [0.15, 0.2) is 10.8 Å². The van der Waals surface area contributed by atoms with Crippen LogP contribution in [0.5, 0.6) is 5.75 Å². The molecule has 6 nitrogen and oxygen atoms in total. The number of anilines is 1. The molecule has 0 fully saturated rings. The molecule has 16 heavy (non-hydrogen) atoms. The first-order valence-electron chi connectivity index (χ1n) is 4.35. The number of aromatic nitrogens is 2. The van der Waals surface area contributed by atoms with Crippen molar-refractivity contribution in [1.82, 2.24) is 9.97 Å². The molecule has 0 spiro atoms. The Morgan fingerprint density at radius 1 is 1.44 bits per heavy atom. The van der Waals surface area contributed by atoms with Crippen LogP contribution in [0, 0.1) is 0 Å². The summed E-state index contributed by atoms with van der Waals surface area (Å²) in [6, 6.07) is 1.48. The molecular formula is C9H9N3O3S. The van der Waals surface area contributed by atoms with E-state index >= 15 is 0 Å². The second-order valence-corrected chi connectivity index (χ2v) is 3.92. The van der Waals surface area contributed by atoms with Gasteiger partial charge in [0.1, 0.15) is 16.1 Å². The molecule has 0 unspecified atom stereocenters. The lowest BCUT2D eigenvalue weighted by atomic mass is 10.3. The van der Waals surface area contributed by atoms with Crippen molar-refractivity contribution in [2.45, 2.75) is 0 Å². The maximum Gasteiger partial charge on any atom is 0.356 e. The Labute approximate surface area is 95.0 Å². The minimum Gasteiger partial charge on any atom is -0.494 e. The average molecular weight is 239 g/mol. The van der Waals surface area contributed by atoms with Crippen LogP contribution in [0.25, 0.3) is 10.3 Å². The molecule has 2 aromatic rings. The van der Waals surface area contributed by atoms with Crippen molar-refractivity contribution in [3.8, 4) is 5.75 Å². The Morgan fingerprint density at radius 3 is 2.81 bits per heavy atom. The summed E-state index contributed by atoms with van der Waals surface area (Å²) in [6.07, 6.45) is 0. The SMILES string of the molecule is COC(=O)c1cc(OC)c2nc(N)sc2n1. The van der Waals surface area contributed by atoms with Crippen LogP contribution in [0.1, 0.15) is 10.5 Å². The van der Waals surface area contributed by atoms with E-state index in [9.17, 15) is 4.79 Å². The first-order chi connectivity index (χ1) is 7.65. The van der Waals surface area contributed by atoms with Gasteiger partial charge < -0.3 is 15.2 Å². The summed E-state index contributed by atoms with van der Waals surface area (Å²) in [4.78, 5) is 20.1. The van der Waals surface area contributed by atoms with Gasteiger partial charge in [0.25, 0.3) is 0 Å². The molecule has 2 aromatic heterocycles. The molecule has 0 aliphatic rings. The first-order valence-corrected chi connectivity index (χ1v) is 5.16. The molecule has 0 atom stereocenters. The van der Waals surface area contributed by atoms with Gasteiger partial charge in [-0.15, -0.1) is 0 Å². The molecule has 0 radical (unpaired) electrons. The molecule has 0 aliphatic heterocycles. The standard InChI is InChI=1S/C9H9N3O3S/c1-14-5-3-4(8(13)15-2)11-7-6(5)12-9(10)16-7/h3H,1-2H3,(H2,10,12). The second-order valence-electron chi connectivity index (χ2n) is 2.91. The van der Waals surface area contributed by atoms with Gasteiger partial charge in [0.05, 0.1) is 14.2 Å². The smallest absolute Gasteiger partial charge is 0.356 e. The lowest BCUT2D eigenvalue weighted by Gasteiger charge is -2.02. The Bertz CT molecular complexity index is 552. The van der Waals surface area contributed by atoms with Gasteiger partial charge in [0, 0.05) is 6.07 Å². The van der Waals surface area contributed by atoms with E-state index in [2.05, 4.69) is 14.7 Å². The number of nitrogen functional groups attached to an aromatic ring is 1. The fraction of sp³-hybridized carbons (Fsp3) is 0.222. The largest absolute Gasteiger partial charge is 0.494 e. The van der Waals surface area contributed by atoms with Crippen LogP contribution in [0.4, 0.5) is 5.13 Å². The Morgan fingerprint density at radius 2 is 2.19 bits per heavy atom. The highest BCUT2D eigenvalue weighted by Gasteiger charge is 2.15. The normalized spacial score (nSPS) is 10.4. The number of thiazole rings is 1. The van der Waals surface area contributed by atoms with E-state index in [1.165, 1.54) is 31.6 Å². The van der Waals surface area contributed by atoms with Gasteiger partial charge in [-0.2, -0.15) is 0 Å². The van der Waals surface area contributed by atoms with Crippen molar-refractivity contribution in [3.05, 3.63) is 11.8 Å². The number of hydrogen-bond donors (Lipinski definition) is 1. The molecule has 0 amide bonds. The minimum atomic E-state index is -0.521. The molecule has 2 N–H and O–H groups in total. The Hall–Kier alpha value is -1.89. The third kappa shape index (κ3) is 1.65. The number of carbonyl (C=O) groups is 1. The molecule has 0 saturated carbocycles. The van der Waals surface area contributed by atoms with Gasteiger partial charge in [-0.05, 0) is 0 Å². The molecule has 2 heterocycles. The number of nitrogens with zero attached hydrogens (tertiary/aromatic N) is 2. The molecule has 84 valence electrons. The van der Waals surface area contributed by atoms with Gasteiger partial charge in [-0.1, -0.05) is 11.3 Å². The van der Waals surface area contributed by atoms with Crippen LogP contribution in [-0.2, 0) is 4.74 Å². The summed E-state index contributed by atoms with van der Waals surface area (Å²) >= 11 is 1.19. The second kappa shape index (κ2) is 3.93. The van der Waals surface area contributed by atoms with E-state index < -0.39 is 5.97 Å². The molecule has 2 rings (SSSR count). The van der Waals surface area contributed by atoms with Gasteiger partial charge in [0.2, 0.25) is 0 Å². The van der Waals surface area contributed by atoms with Crippen molar-refractivity contribution < 1.29 is 14.3 Å². The molecule has 7 heteroatoms. The monoisotopic (exact) mass is 239 g/mol. The van der Waals surface area contributed by atoms with E-state index in [0.29, 0.717) is 21.2 Å². The minimum absolute atomic E-state index is 0.176. The summed E-state index contributed by atoms with van der Waals surface area (Å²) in [5.41, 5.74) is 6.30. The van der Waals surface area contributed by atoms with E-state index in [1.807, 2.05) is 0 Å². The lowest BCUT2D eigenvalue weighted by molar-refractivity contribution is 0.0594. The number of ether oxygens (including phenoxy) is 2. The number of methoxy groups -OCH3 is 2. The maximum atomic E-state index is 11.3. The van der Waals surface area contributed by atoms with Crippen molar-refractivity contribution in [2.24, 2.45) is 0 Å². The third-order valence-corrected chi connectivity index (χ3v) is 2.74. The van der Waals surface area contributed by atoms with Gasteiger partial charge >= 0.3 is 5.97 Å². The fourth-order valence-corrected chi connectivity index (χ4v) is 1.99. The van der Waals surface area contributed by atoms with Crippen LogP contribution < -0.4 is 10.5 Å². The van der Waals surface area contributed by atoms with Gasteiger partial charge in [-0.25, -0.2) is 14.8 Å². The molecule has 0 aliphatic carbocycles. The zero-order valence-corrected chi connectivity index (χ0v) is 9.50. The van der Waals surface area contributed by atoms with Crippen molar-refractivity contribution in [2.75, 3.05) is 20.0 Å². The fourth-order valence-electron chi connectivity index (χ4n) is 1.26. The Kier molecular flexibility index (Phi) is 2.61. The number of fused-ring (bicyclic) bond motifs is 1. The first kappa shape index (κ1) is 10.6. The number of pyridine rings is 1. The predicted octanol–water partition coefficient (Wildman–Crippen LogP) is 1.07. The number of carbonyl (C=O) groups excluding carboxylic acids is 1. The zero-order chi connectivity index (χ0) is 11.7. The van der Waals surface area contributed by atoms with Crippen LogP contribution in [0.2, 0.25) is 0 Å². The highest BCUT2D eigenvalue weighted by molar-refractivity contribution is 7.21. The topological polar surface area (TPSA) is 87.3 Å². The maximum absolute atomic E-state index is 11.3. The van der Waals surface area contributed by atoms with Crippen LogP contribution in [0.15, 0.2) is 6.07 Å².